The van der Waals surface area contributed by atoms with E-state index in [1.54, 1.807) is 18.2 Å². The molecule has 0 aromatic heterocycles. The fourth-order valence-electron chi connectivity index (χ4n) is 2.22. The molecule has 0 aliphatic carbocycles. The van der Waals surface area contributed by atoms with Crippen LogP contribution in [0, 0.1) is 6.92 Å². The van der Waals surface area contributed by atoms with Gasteiger partial charge in [-0.15, -0.1) is 0 Å². The third-order valence-corrected chi connectivity index (χ3v) is 3.43. The lowest BCUT2D eigenvalue weighted by molar-refractivity contribution is -0.114. The van der Waals surface area contributed by atoms with Gasteiger partial charge in [0.15, 0.2) is 0 Å². The van der Waals surface area contributed by atoms with Crippen LogP contribution in [0.4, 0.5) is 11.4 Å². The first-order valence-electron chi connectivity index (χ1n) is 8.08. The van der Waals surface area contributed by atoms with Crippen LogP contribution < -0.4 is 15.4 Å². The van der Waals surface area contributed by atoms with Gasteiger partial charge in [0.05, 0.1) is 6.61 Å². The number of ether oxygens (including phenoxy) is 1. The van der Waals surface area contributed by atoms with Crippen molar-refractivity contribution in [1.29, 1.82) is 0 Å². The Hall–Kier alpha value is -3.08. The molecule has 2 aromatic rings. The Balaban J connectivity index is 2.00. The van der Waals surface area contributed by atoms with Crippen molar-refractivity contribution in [2.24, 2.45) is 0 Å². The summed E-state index contributed by atoms with van der Waals surface area (Å²) in [5.74, 6) is 0.405. The molecule has 0 spiro atoms. The SMILES string of the molecule is CCOc1ccc(/C=C/C(=O)Nc2ccc(C)c(NC(C)=O)c2)cc1. The van der Waals surface area contributed by atoms with E-state index in [4.69, 9.17) is 4.74 Å². The molecule has 0 saturated carbocycles. The van der Waals surface area contributed by atoms with E-state index in [9.17, 15) is 9.59 Å². The maximum Gasteiger partial charge on any atom is 0.248 e. The third-order valence-electron chi connectivity index (χ3n) is 3.43. The zero-order valence-corrected chi connectivity index (χ0v) is 14.6. The minimum atomic E-state index is -0.244. The van der Waals surface area contributed by atoms with Crippen molar-refractivity contribution in [2.75, 3.05) is 17.2 Å². The second-order valence-electron chi connectivity index (χ2n) is 5.54. The molecule has 0 heterocycles. The highest BCUT2D eigenvalue weighted by molar-refractivity contribution is 6.02. The highest BCUT2D eigenvalue weighted by Crippen LogP contribution is 2.20. The molecule has 0 aliphatic rings. The summed E-state index contributed by atoms with van der Waals surface area (Å²) in [5.41, 5.74) is 3.14. The molecular weight excluding hydrogens is 316 g/mol. The molecule has 5 nitrogen and oxygen atoms in total. The van der Waals surface area contributed by atoms with E-state index in [1.165, 1.54) is 13.0 Å². The van der Waals surface area contributed by atoms with Gasteiger partial charge in [-0.2, -0.15) is 0 Å². The van der Waals surface area contributed by atoms with Gasteiger partial charge in [-0.05, 0) is 55.3 Å². The summed E-state index contributed by atoms with van der Waals surface area (Å²) < 4.78 is 5.38. The molecule has 0 atom stereocenters. The normalized spacial score (nSPS) is 10.5. The number of anilines is 2. The number of amides is 2. The van der Waals surface area contributed by atoms with Gasteiger partial charge in [0.2, 0.25) is 11.8 Å². The van der Waals surface area contributed by atoms with E-state index in [1.807, 2.05) is 44.2 Å². The van der Waals surface area contributed by atoms with Crippen LogP contribution in [0.25, 0.3) is 6.08 Å². The molecular formula is C20H22N2O3. The minimum Gasteiger partial charge on any atom is -0.494 e. The highest BCUT2D eigenvalue weighted by Gasteiger charge is 2.04. The number of nitrogens with one attached hydrogen (secondary N) is 2. The number of carbonyl (C=O) groups excluding carboxylic acids is 2. The van der Waals surface area contributed by atoms with Crippen LogP contribution in [0.15, 0.2) is 48.5 Å². The Labute approximate surface area is 147 Å². The summed E-state index contributed by atoms with van der Waals surface area (Å²) in [4.78, 5) is 23.3. The van der Waals surface area contributed by atoms with E-state index in [0.29, 0.717) is 18.0 Å². The average Bonchev–Trinajstić information content (AvgIpc) is 2.57. The molecule has 25 heavy (non-hydrogen) atoms. The highest BCUT2D eigenvalue weighted by atomic mass is 16.5. The number of hydrogen-bond acceptors (Lipinski definition) is 3. The molecule has 130 valence electrons. The summed E-state index contributed by atoms with van der Waals surface area (Å²) in [7, 11) is 0. The van der Waals surface area contributed by atoms with Crippen molar-refractivity contribution in [1.82, 2.24) is 0 Å². The minimum absolute atomic E-state index is 0.151. The van der Waals surface area contributed by atoms with Crippen LogP contribution >= 0.6 is 0 Å². The molecule has 0 fully saturated rings. The zero-order valence-electron chi connectivity index (χ0n) is 14.6. The van der Waals surface area contributed by atoms with Crippen LogP contribution in [0.1, 0.15) is 25.0 Å². The first-order chi connectivity index (χ1) is 12.0. The molecule has 2 aromatic carbocycles. The quantitative estimate of drug-likeness (QED) is 0.782. The predicted molar refractivity (Wildman–Crippen MR) is 101 cm³/mol. The predicted octanol–water partition coefficient (Wildman–Crippen LogP) is 4.00. The second-order valence-corrected chi connectivity index (χ2v) is 5.54. The van der Waals surface area contributed by atoms with Gasteiger partial charge in [-0.1, -0.05) is 18.2 Å². The van der Waals surface area contributed by atoms with Gasteiger partial charge in [-0.25, -0.2) is 0 Å². The number of carbonyl (C=O) groups is 2. The number of hydrogen-bond donors (Lipinski definition) is 2. The van der Waals surface area contributed by atoms with Gasteiger partial charge < -0.3 is 15.4 Å². The monoisotopic (exact) mass is 338 g/mol. The van der Waals surface area contributed by atoms with Crippen LogP contribution in [0.2, 0.25) is 0 Å². The molecule has 2 rings (SSSR count). The van der Waals surface area contributed by atoms with Crippen molar-refractivity contribution < 1.29 is 14.3 Å². The smallest absolute Gasteiger partial charge is 0.248 e. The lowest BCUT2D eigenvalue weighted by Crippen LogP contribution is -2.10. The lowest BCUT2D eigenvalue weighted by atomic mass is 10.1. The van der Waals surface area contributed by atoms with Crippen LogP contribution in [0.3, 0.4) is 0 Å². The third kappa shape index (κ3) is 5.80. The van der Waals surface area contributed by atoms with Crippen LogP contribution in [-0.4, -0.2) is 18.4 Å². The lowest BCUT2D eigenvalue weighted by Gasteiger charge is -2.09. The Kier molecular flexibility index (Phi) is 6.34. The largest absolute Gasteiger partial charge is 0.494 e. The van der Waals surface area contributed by atoms with Gasteiger partial charge in [-0.3, -0.25) is 9.59 Å². The Bertz CT molecular complexity index is 780. The van der Waals surface area contributed by atoms with Crippen molar-refractivity contribution in [3.05, 3.63) is 59.7 Å². The molecule has 5 heteroatoms. The van der Waals surface area contributed by atoms with Gasteiger partial charge >= 0.3 is 0 Å². The fourth-order valence-corrected chi connectivity index (χ4v) is 2.22. The van der Waals surface area contributed by atoms with Gasteiger partial charge in [0.1, 0.15) is 5.75 Å². The Morgan fingerprint density at radius 2 is 1.80 bits per heavy atom. The summed E-state index contributed by atoms with van der Waals surface area (Å²) in [6.07, 6.45) is 3.20. The molecule has 0 radical (unpaired) electrons. The van der Waals surface area contributed by atoms with Gasteiger partial charge in [0.25, 0.3) is 0 Å². The van der Waals surface area contributed by atoms with E-state index in [2.05, 4.69) is 10.6 Å². The maximum absolute atomic E-state index is 12.1. The zero-order chi connectivity index (χ0) is 18.2. The topological polar surface area (TPSA) is 67.4 Å². The second kappa shape index (κ2) is 8.68. The number of benzene rings is 2. The van der Waals surface area contributed by atoms with E-state index >= 15 is 0 Å². The number of rotatable bonds is 6. The maximum atomic E-state index is 12.1. The van der Waals surface area contributed by atoms with Gasteiger partial charge in [0, 0.05) is 24.4 Å². The Morgan fingerprint density at radius 1 is 1.08 bits per heavy atom. The molecule has 0 unspecified atom stereocenters. The fraction of sp³-hybridized carbons (Fsp3) is 0.200. The summed E-state index contributed by atoms with van der Waals surface area (Å²) in [6, 6.07) is 12.9. The molecule has 0 aliphatic heterocycles. The van der Waals surface area contributed by atoms with Crippen LogP contribution in [-0.2, 0) is 9.59 Å². The molecule has 0 saturated heterocycles. The molecule has 0 bridgehead atoms. The summed E-state index contributed by atoms with van der Waals surface area (Å²) in [6.45, 7) is 5.89. The average molecular weight is 338 g/mol. The van der Waals surface area contributed by atoms with E-state index < -0.39 is 0 Å². The first kappa shape index (κ1) is 18.3. The first-order valence-corrected chi connectivity index (χ1v) is 8.08. The van der Waals surface area contributed by atoms with Crippen molar-refractivity contribution in [3.63, 3.8) is 0 Å². The van der Waals surface area contributed by atoms with Crippen molar-refractivity contribution in [3.8, 4) is 5.75 Å². The standard InChI is InChI=1S/C20H22N2O3/c1-4-25-18-10-6-16(7-11-18)8-12-20(24)22-17-9-5-14(2)19(13-17)21-15(3)23/h5-13H,4H2,1-3H3,(H,21,23)(H,22,24)/b12-8+. The van der Waals surface area contributed by atoms with E-state index in [0.717, 1.165) is 16.9 Å². The number of aryl methyl sites for hydroxylation is 1. The molecule has 2 N–H and O–H groups in total. The Morgan fingerprint density at radius 3 is 2.44 bits per heavy atom. The summed E-state index contributed by atoms with van der Waals surface area (Å²) >= 11 is 0. The van der Waals surface area contributed by atoms with E-state index in [-0.39, 0.29) is 11.8 Å². The van der Waals surface area contributed by atoms with Crippen molar-refractivity contribution >= 4 is 29.3 Å². The molecule has 2 amide bonds. The summed E-state index contributed by atoms with van der Waals surface area (Å²) in [5, 5.41) is 5.52. The van der Waals surface area contributed by atoms with Crippen LogP contribution in [0.5, 0.6) is 5.75 Å². The van der Waals surface area contributed by atoms with Crippen molar-refractivity contribution in [2.45, 2.75) is 20.8 Å².